The smallest absolute Gasteiger partial charge is 0.237 e. The highest BCUT2D eigenvalue weighted by molar-refractivity contribution is 5.81. The lowest BCUT2D eigenvalue weighted by molar-refractivity contribution is -0.125. The Bertz CT molecular complexity index is 870. The molecule has 1 amide bonds. The van der Waals surface area contributed by atoms with Crippen LogP contribution in [0.25, 0.3) is 0 Å². The molecule has 1 aliphatic heterocycles. The number of hydrogen-bond acceptors (Lipinski definition) is 4. The molecule has 0 saturated carbocycles. The Balaban J connectivity index is 1.65. The van der Waals surface area contributed by atoms with Crippen LogP contribution in [0.2, 0.25) is 0 Å². The summed E-state index contributed by atoms with van der Waals surface area (Å²) in [7, 11) is 1.65. The first kappa shape index (κ1) is 23.2. The molecule has 0 aromatic heterocycles. The van der Waals surface area contributed by atoms with Gasteiger partial charge in [-0.3, -0.25) is 9.69 Å². The van der Waals surface area contributed by atoms with E-state index >= 15 is 0 Å². The molecule has 1 aliphatic rings. The summed E-state index contributed by atoms with van der Waals surface area (Å²) in [5.41, 5.74) is 2.76. The van der Waals surface area contributed by atoms with E-state index in [4.69, 9.17) is 0 Å². The van der Waals surface area contributed by atoms with Crippen molar-refractivity contribution in [1.29, 1.82) is 0 Å². The number of carbonyl (C=O) groups is 1. The summed E-state index contributed by atoms with van der Waals surface area (Å²) in [6.07, 6.45) is 0.639. The molecule has 1 heterocycles. The van der Waals surface area contributed by atoms with Gasteiger partial charge in [0.25, 0.3) is 0 Å². The number of benzene rings is 2. The van der Waals surface area contributed by atoms with Gasteiger partial charge in [-0.1, -0.05) is 18.2 Å². The summed E-state index contributed by atoms with van der Waals surface area (Å²) in [4.78, 5) is 16.9. The minimum Gasteiger partial charge on any atom is -0.372 e. The fourth-order valence-corrected chi connectivity index (χ4v) is 4.22. The Morgan fingerprint density at radius 1 is 1.13 bits per heavy atom. The summed E-state index contributed by atoms with van der Waals surface area (Å²) in [5.74, 6) is -1.16. The van der Waals surface area contributed by atoms with E-state index in [0.29, 0.717) is 31.6 Å². The number of halogens is 2. The van der Waals surface area contributed by atoms with E-state index < -0.39 is 11.6 Å². The van der Waals surface area contributed by atoms with Gasteiger partial charge in [-0.05, 0) is 44.0 Å². The Morgan fingerprint density at radius 3 is 2.45 bits per heavy atom. The largest absolute Gasteiger partial charge is 0.372 e. The average Bonchev–Trinajstić information content (AvgIpc) is 3.17. The highest BCUT2D eigenvalue weighted by Crippen LogP contribution is 2.23. The molecular weight excluding hydrogens is 398 g/mol. The molecule has 168 valence electrons. The van der Waals surface area contributed by atoms with E-state index in [-0.39, 0.29) is 18.0 Å². The van der Waals surface area contributed by atoms with Crippen molar-refractivity contribution < 1.29 is 13.6 Å². The number of carbonyl (C=O) groups excluding carboxylic acids is 1. The maximum Gasteiger partial charge on any atom is 0.237 e. The molecule has 0 aliphatic carbocycles. The topological polar surface area (TPSA) is 47.6 Å². The average molecular weight is 431 g/mol. The number of nitrogens with one attached hydrogen (secondary N) is 2. The quantitative estimate of drug-likeness (QED) is 0.641. The lowest BCUT2D eigenvalue weighted by atomic mass is 10.1. The monoisotopic (exact) mass is 430 g/mol. The minimum absolute atomic E-state index is 0.0166. The molecule has 2 atom stereocenters. The molecule has 5 nitrogen and oxygen atoms in total. The molecule has 1 fully saturated rings. The summed E-state index contributed by atoms with van der Waals surface area (Å²) in [5, 5.41) is 6.09. The maximum absolute atomic E-state index is 13.9. The van der Waals surface area contributed by atoms with Crippen LogP contribution in [0.3, 0.4) is 0 Å². The van der Waals surface area contributed by atoms with Gasteiger partial charge in [-0.15, -0.1) is 0 Å². The van der Waals surface area contributed by atoms with Crippen molar-refractivity contribution in [2.75, 3.05) is 31.6 Å². The number of nitrogens with zero attached hydrogens (tertiary/aromatic N) is 2. The number of rotatable bonds is 9. The fourth-order valence-electron chi connectivity index (χ4n) is 4.22. The van der Waals surface area contributed by atoms with E-state index in [9.17, 15) is 13.6 Å². The fraction of sp³-hybridized carbons (Fsp3) is 0.458. The van der Waals surface area contributed by atoms with E-state index in [0.717, 1.165) is 24.7 Å². The predicted molar refractivity (Wildman–Crippen MR) is 120 cm³/mol. The standard InChI is InChI=1S/C24H32F2N4O/c1-4-29(5-2)21-10-6-17(7-11-21)15-30-16-20(13-23(30)24(31)27-3)28-14-18-8-9-19(25)12-22(18)26/h6-12,20,23,28H,4-5,13-16H2,1-3H3,(H,27,31)/t20-,23-/m0/s1. The second-order valence-electron chi connectivity index (χ2n) is 7.95. The number of likely N-dealkylation sites (tertiary alicyclic amines) is 1. The number of likely N-dealkylation sites (N-methyl/N-ethyl adjacent to an activating group) is 1. The van der Waals surface area contributed by atoms with Gasteiger partial charge in [0.1, 0.15) is 11.6 Å². The molecule has 2 N–H and O–H groups in total. The van der Waals surface area contributed by atoms with Crippen molar-refractivity contribution in [1.82, 2.24) is 15.5 Å². The molecule has 0 unspecified atom stereocenters. The summed E-state index contributed by atoms with van der Waals surface area (Å²) in [6.45, 7) is 7.84. The molecular formula is C24H32F2N4O. The van der Waals surface area contributed by atoms with E-state index in [1.165, 1.54) is 17.8 Å². The molecule has 1 saturated heterocycles. The van der Waals surface area contributed by atoms with Crippen molar-refractivity contribution >= 4 is 11.6 Å². The van der Waals surface area contributed by atoms with Crippen LogP contribution in [0.15, 0.2) is 42.5 Å². The van der Waals surface area contributed by atoms with Crippen LogP contribution < -0.4 is 15.5 Å². The van der Waals surface area contributed by atoms with Gasteiger partial charge in [0.05, 0.1) is 6.04 Å². The second kappa shape index (κ2) is 10.7. The van der Waals surface area contributed by atoms with Crippen molar-refractivity contribution in [2.45, 2.75) is 45.4 Å². The van der Waals surface area contributed by atoms with Crippen LogP contribution >= 0.6 is 0 Å². The Hall–Kier alpha value is -2.51. The van der Waals surface area contributed by atoms with Crippen molar-refractivity contribution in [3.63, 3.8) is 0 Å². The van der Waals surface area contributed by atoms with Gasteiger partial charge in [-0.2, -0.15) is 0 Å². The first-order valence-electron chi connectivity index (χ1n) is 10.9. The van der Waals surface area contributed by atoms with Crippen LogP contribution in [0.1, 0.15) is 31.4 Å². The Kier molecular flexibility index (Phi) is 7.98. The van der Waals surface area contributed by atoms with Crippen LogP contribution in [0, 0.1) is 11.6 Å². The third-order valence-corrected chi connectivity index (χ3v) is 6.00. The van der Waals surface area contributed by atoms with Gasteiger partial charge < -0.3 is 15.5 Å². The lowest BCUT2D eigenvalue weighted by Crippen LogP contribution is -2.41. The highest BCUT2D eigenvalue weighted by Gasteiger charge is 2.36. The van der Waals surface area contributed by atoms with Gasteiger partial charge >= 0.3 is 0 Å². The zero-order valence-corrected chi connectivity index (χ0v) is 18.5. The first-order valence-corrected chi connectivity index (χ1v) is 10.9. The summed E-state index contributed by atoms with van der Waals surface area (Å²) in [6, 6.07) is 11.9. The predicted octanol–water partition coefficient (Wildman–Crippen LogP) is 3.29. The maximum atomic E-state index is 13.9. The van der Waals surface area contributed by atoms with Crippen LogP contribution in [-0.4, -0.2) is 49.6 Å². The molecule has 2 aromatic carbocycles. The normalized spacial score (nSPS) is 18.9. The third-order valence-electron chi connectivity index (χ3n) is 6.00. The second-order valence-corrected chi connectivity index (χ2v) is 7.95. The molecule has 7 heteroatoms. The van der Waals surface area contributed by atoms with Crippen molar-refractivity contribution in [3.05, 3.63) is 65.2 Å². The minimum atomic E-state index is -0.583. The Labute approximate surface area is 183 Å². The zero-order chi connectivity index (χ0) is 22.4. The SMILES string of the molecule is CCN(CC)c1ccc(CN2C[C@@H](NCc3ccc(F)cc3F)C[C@H]2C(=O)NC)cc1. The molecule has 2 aromatic rings. The number of anilines is 1. The molecule has 0 spiro atoms. The van der Waals surface area contributed by atoms with Gasteiger partial charge in [0.2, 0.25) is 5.91 Å². The van der Waals surface area contributed by atoms with E-state index in [2.05, 4.69) is 58.5 Å². The first-order chi connectivity index (χ1) is 14.9. The third kappa shape index (κ3) is 5.80. The zero-order valence-electron chi connectivity index (χ0n) is 18.5. The molecule has 3 rings (SSSR count). The molecule has 31 heavy (non-hydrogen) atoms. The summed E-state index contributed by atoms with van der Waals surface area (Å²) >= 11 is 0. The van der Waals surface area contributed by atoms with E-state index in [1.54, 1.807) is 7.05 Å². The van der Waals surface area contributed by atoms with Gasteiger partial charge in [-0.25, -0.2) is 8.78 Å². The van der Waals surface area contributed by atoms with Gasteiger partial charge in [0.15, 0.2) is 0 Å². The Morgan fingerprint density at radius 2 is 1.84 bits per heavy atom. The molecule has 0 bridgehead atoms. The highest BCUT2D eigenvalue weighted by atomic mass is 19.1. The van der Waals surface area contributed by atoms with E-state index in [1.807, 2.05) is 0 Å². The van der Waals surface area contributed by atoms with Crippen molar-refractivity contribution in [3.8, 4) is 0 Å². The van der Waals surface area contributed by atoms with Crippen LogP contribution in [-0.2, 0) is 17.9 Å². The van der Waals surface area contributed by atoms with Crippen LogP contribution in [0.5, 0.6) is 0 Å². The summed E-state index contributed by atoms with van der Waals surface area (Å²) < 4.78 is 27.1. The van der Waals surface area contributed by atoms with Gasteiger partial charge in [0, 0.05) is 63.1 Å². The number of hydrogen-bond donors (Lipinski definition) is 2. The number of amides is 1. The van der Waals surface area contributed by atoms with Crippen molar-refractivity contribution in [2.24, 2.45) is 0 Å². The molecule has 0 radical (unpaired) electrons. The van der Waals surface area contributed by atoms with Crippen LogP contribution in [0.4, 0.5) is 14.5 Å². The lowest BCUT2D eigenvalue weighted by Gasteiger charge is -2.24.